The maximum Gasteiger partial charge on any atom is 0.232 e. The van der Waals surface area contributed by atoms with Crippen LogP contribution in [0, 0.1) is 0 Å². The standard InChI is InChI=1S/C21H20ClN3OS/c22-16-9-10-18-17(13-16)21(24-20(23-18)15-7-3-1-4-8-15)27-14-19(26)25-11-5-2-6-12-25/h1,3-4,7-10,13H,2,5-6,11-12,14H2. The van der Waals surface area contributed by atoms with Gasteiger partial charge in [0.1, 0.15) is 5.03 Å². The Hall–Kier alpha value is -2.11. The van der Waals surface area contributed by atoms with Gasteiger partial charge in [0.05, 0.1) is 11.3 Å². The number of rotatable bonds is 4. The third kappa shape index (κ3) is 4.25. The summed E-state index contributed by atoms with van der Waals surface area (Å²) < 4.78 is 0. The number of thioether (sulfide) groups is 1. The zero-order valence-electron chi connectivity index (χ0n) is 14.9. The summed E-state index contributed by atoms with van der Waals surface area (Å²) in [5.74, 6) is 1.22. The highest BCUT2D eigenvalue weighted by molar-refractivity contribution is 8.00. The van der Waals surface area contributed by atoms with Crippen LogP contribution in [0.5, 0.6) is 0 Å². The third-order valence-electron chi connectivity index (χ3n) is 4.70. The molecule has 0 aliphatic carbocycles. The molecule has 0 unspecified atom stereocenters. The minimum Gasteiger partial charge on any atom is -0.342 e. The number of likely N-dealkylation sites (tertiary alicyclic amines) is 1. The van der Waals surface area contributed by atoms with Crippen LogP contribution in [-0.2, 0) is 4.79 Å². The highest BCUT2D eigenvalue weighted by Gasteiger charge is 2.18. The van der Waals surface area contributed by atoms with Gasteiger partial charge in [-0.25, -0.2) is 9.97 Å². The lowest BCUT2D eigenvalue weighted by atomic mass is 10.1. The van der Waals surface area contributed by atoms with Crippen molar-refractivity contribution < 1.29 is 4.79 Å². The van der Waals surface area contributed by atoms with Crippen LogP contribution in [0.25, 0.3) is 22.3 Å². The van der Waals surface area contributed by atoms with E-state index in [9.17, 15) is 4.79 Å². The van der Waals surface area contributed by atoms with Gasteiger partial charge in [0.25, 0.3) is 0 Å². The quantitative estimate of drug-likeness (QED) is 0.456. The first-order valence-electron chi connectivity index (χ1n) is 9.14. The summed E-state index contributed by atoms with van der Waals surface area (Å²) in [5.41, 5.74) is 1.79. The van der Waals surface area contributed by atoms with Crippen LogP contribution in [-0.4, -0.2) is 39.6 Å². The van der Waals surface area contributed by atoms with Crippen molar-refractivity contribution in [1.82, 2.24) is 14.9 Å². The summed E-state index contributed by atoms with van der Waals surface area (Å²) in [6.45, 7) is 1.73. The zero-order chi connectivity index (χ0) is 18.6. The molecule has 27 heavy (non-hydrogen) atoms. The molecule has 0 N–H and O–H groups in total. The Balaban J connectivity index is 1.65. The number of carbonyl (C=O) groups excluding carboxylic acids is 1. The number of benzene rings is 2. The Morgan fingerprint density at radius 2 is 1.81 bits per heavy atom. The van der Waals surface area contributed by atoms with Gasteiger partial charge in [0, 0.05) is 29.1 Å². The predicted octanol–water partition coefficient (Wildman–Crippen LogP) is 5.05. The van der Waals surface area contributed by atoms with Gasteiger partial charge >= 0.3 is 0 Å². The second-order valence-corrected chi connectivity index (χ2v) is 8.01. The number of aromatic nitrogens is 2. The molecule has 0 spiro atoms. The molecule has 0 bridgehead atoms. The maximum atomic E-state index is 12.6. The first-order valence-corrected chi connectivity index (χ1v) is 10.5. The minimum absolute atomic E-state index is 0.176. The van der Waals surface area contributed by atoms with Gasteiger partial charge in [0.15, 0.2) is 5.82 Å². The molecule has 6 heteroatoms. The molecule has 0 radical (unpaired) electrons. The van der Waals surface area contributed by atoms with Crippen molar-refractivity contribution in [2.75, 3.05) is 18.8 Å². The van der Waals surface area contributed by atoms with Crippen LogP contribution in [0.15, 0.2) is 53.6 Å². The fourth-order valence-electron chi connectivity index (χ4n) is 3.26. The van der Waals surface area contributed by atoms with E-state index in [4.69, 9.17) is 16.6 Å². The van der Waals surface area contributed by atoms with Gasteiger partial charge in [-0.3, -0.25) is 4.79 Å². The molecular weight excluding hydrogens is 378 g/mol. The lowest BCUT2D eigenvalue weighted by Gasteiger charge is -2.26. The first-order chi connectivity index (χ1) is 13.2. The van der Waals surface area contributed by atoms with E-state index in [2.05, 4.69) is 4.98 Å². The van der Waals surface area contributed by atoms with Gasteiger partial charge < -0.3 is 4.90 Å². The number of amides is 1. The largest absolute Gasteiger partial charge is 0.342 e. The third-order valence-corrected chi connectivity index (χ3v) is 5.91. The van der Waals surface area contributed by atoms with Crippen LogP contribution in [0.3, 0.4) is 0 Å². The number of hydrogen-bond acceptors (Lipinski definition) is 4. The van der Waals surface area contributed by atoms with Crippen molar-refractivity contribution in [2.24, 2.45) is 0 Å². The predicted molar refractivity (Wildman–Crippen MR) is 111 cm³/mol. The van der Waals surface area contributed by atoms with E-state index in [-0.39, 0.29) is 5.91 Å². The van der Waals surface area contributed by atoms with Crippen molar-refractivity contribution >= 4 is 40.2 Å². The molecule has 0 atom stereocenters. The molecule has 1 fully saturated rings. The summed E-state index contributed by atoms with van der Waals surface area (Å²) in [6.07, 6.45) is 3.41. The SMILES string of the molecule is O=C(CSc1nc(-c2ccccc2)nc2ccc(Cl)cc12)N1CCCCC1. The van der Waals surface area contributed by atoms with Gasteiger partial charge in [-0.2, -0.15) is 0 Å². The zero-order valence-corrected chi connectivity index (χ0v) is 16.5. The summed E-state index contributed by atoms with van der Waals surface area (Å²) >= 11 is 7.66. The van der Waals surface area contributed by atoms with Crippen LogP contribution >= 0.6 is 23.4 Å². The molecule has 4 nitrogen and oxygen atoms in total. The molecule has 1 aliphatic rings. The van der Waals surface area contributed by atoms with Crippen molar-refractivity contribution in [3.63, 3.8) is 0 Å². The van der Waals surface area contributed by atoms with Gasteiger partial charge in [0.2, 0.25) is 5.91 Å². The average molecular weight is 398 g/mol. The minimum atomic E-state index is 0.176. The Morgan fingerprint density at radius 3 is 2.59 bits per heavy atom. The van der Waals surface area contributed by atoms with Gasteiger partial charge in [-0.1, -0.05) is 53.7 Å². The maximum absolute atomic E-state index is 12.6. The Labute approximate surface area is 168 Å². The number of carbonyl (C=O) groups is 1. The molecule has 1 aromatic heterocycles. The van der Waals surface area contributed by atoms with Crippen molar-refractivity contribution in [3.05, 3.63) is 53.6 Å². The van der Waals surface area contributed by atoms with Crippen LogP contribution in [0.4, 0.5) is 0 Å². The van der Waals surface area contributed by atoms with E-state index in [1.54, 1.807) is 0 Å². The second kappa shape index (κ2) is 8.28. The summed E-state index contributed by atoms with van der Waals surface area (Å²) in [5, 5.41) is 2.33. The van der Waals surface area contributed by atoms with Crippen molar-refractivity contribution in [2.45, 2.75) is 24.3 Å². The van der Waals surface area contributed by atoms with Gasteiger partial charge in [-0.05, 0) is 37.5 Å². The fraction of sp³-hybridized carbons (Fsp3) is 0.286. The lowest BCUT2D eigenvalue weighted by molar-refractivity contribution is -0.129. The molecule has 138 valence electrons. The smallest absolute Gasteiger partial charge is 0.232 e. The topological polar surface area (TPSA) is 46.1 Å². The van der Waals surface area contributed by atoms with E-state index < -0.39 is 0 Å². The fourth-order valence-corrected chi connectivity index (χ4v) is 4.35. The number of hydrogen-bond donors (Lipinski definition) is 0. The van der Waals surface area contributed by atoms with Crippen LogP contribution < -0.4 is 0 Å². The second-order valence-electron chi connectivity index (χ2n) is 6.61. The number of nitrogens with zero attached hydrogens (tertiary/aromatic N) is 3. The van der Waals surface area contributed by atoms with Crippen LogP contribution in [0.1, 0.15) is 19.3 Å². The molecule has 1 aliphatic heterocycles. The first kappa shape index (κ1) is 18.3. The average Bonchev–Trinajstić information content (AvgIpc) is 2.73. The van der Waals surface area contributed by atoms with Crippen molar-refractivity contribution in [3.8, 4) is 11.4 Å². The number of fused-ring (bicyclic) bond motifs is 1. The number of halogens is 1. The summed E-state index contributed by atoms with van der Waals surface area (Å²) in [4.78, 5) is 24.0. The van der Waals surface area contributed by atoms with E-state index in [0.29, 0.717) is 16.6 Å². The Kier molecular flexibility index (Phi) is 5.60. The monoisotopic (exact) mass is 397 g/mol. The highest BCUT2D eigenvalue weighted by Crippen LogP contribution is 2.30. The highest BCUT2D eigenvalue weighted by atomic mass is 35.5. The Morgan fingerprint density at radius 1 is 1.04 bits per heavy atom. The molecule has 4 rings (SSSR count). The summed E-state index contributed by atoms with van der Waals surface area (Å²) in [7, 11) is 0. The molecule has 0 saturated carbocycles. The Bertz CT molecular complexity index is 958. The van der Waals surface area contributed by atoms with E-state index >= 15 is 0 Å². The molecule has 1 amide bonds. The van der Waals surface area contributed by atoms with E-state index in [0.717, 1.165) is 47.4 Å². The van der Waals surface area contributed by atoms with Crippen LogP contribution in [0.2, 0.25) is 5.02 Å². The van der Waals surface area contributed by atoms with Crippen molar-refractivity contribution in [1.29, 1.82) is 0 Å². The summed E-state index contributed by atoms with van der Waals surface area (Å²) in [6, 6.07) is 15.5. The molecule has 2 aromatic carbocycles. The normalized spacial score (nSPS) is 14.5. The molecular formula is C21H20ClN3OS. The molecule has 3 aromatic rings. The van der Waals surface area contributed by atoms with E-state index in [1.807, 2.05) is 53.4 Å². The van der Waals surface area contributed by atoms with E-state index in [1.165, 1.54) is 18.2 Å². The molecule has 1 saturated heterocycles. The number of piperidine rings is 1. The lowest BCUT2D eigenvalue weighted by Crippen LogP contribution is -2.36. The molecule has 2 heterocycles. The van der Waals surface area contributed by atoms with Gasteiger partial charge in [-0.15, -0.1) is 0 Å².